The van der Waals surface area contributed by atoms with E-state index in [0.717, 1.165) is 30.0 Å². The number of hydrogen-bond donors (Lipinski definition) is 1. The van der Waals surface area contributed by atoms with Gasteiger partial charge < -0.3 is 10.2 Å². The van der Waals surface area contributed by atoms with E-state index in [2.05, 4.69) is 16.3 Å². The zero-order valence-corrected chi connectivity index (χ0v) is 19.1. The number of hydrogen-bond acceptors (Lipinski definition) is 4. The van der Waals surface area contributed by atoms with Gasteiger partial charge in [-0.15, -0.1) is 0 Å². The Hall–Kier alpha value is -3.32. The van der Waals surface area contributed by atoms with Crippen LogP contribution in [-0.4, -0.2) is 34.5 Å². The van der Waals surface area contributed by atoms with Crippen molar-refractivity contribution >= 4 is 33.0 Å². The molecule has 32 heavy (non-hydrogen) atoms. The van der Waals surface area contributed by atoms with Gasteiger partial charge in [-0.1, -0.05) is 23.8 Å². The molecule has 6 nitrogen and oxygen atoms in total. The largest absolute Gasteiger partial charge is 0.371 e. The Labute approximate surface area is 189 Å². The molecule has 0 radical (unpaired) electrons. The quantitative estimate of drug-likeness (QED) is 0.594. The van der Waals surface area contributed by atoms with E-state index in [1.807, 2.05) is 25.1 Å². The van der Waals surface area contributed by atoms with Crippen LogP contribution in [0.2, 0.25) is 0 Å². The number of carbonyl (C=O) groups excluding carboxylic acids is 1. The monoisotopic (exact) mass is 449 g/mol. The molecule has 1 N–H and O–H groups in total. The number of amides is 1. The first-order chi connectivity index (χ1) is 15.3. The molecule has 3 aromatic carbocycles. The zero-order chi connectivity index (χ0) is 22.7. The van der Waals surface area contributed by atoms with Crippen molar-refractivity contribution in [1.29, 1.82) is 0 Å². The Bertz CT molecular complexity index is 1200. The Morgan fingerprint density at radius 2 is 1.59 bits per heavy atom. The third-order valence-electron chi connectivity index (χ3n) is 5.75. The van der Waals surface area contributed by atoms with Crippen molar-refractivity contribution in [3.63, 3.8) is 0 Å². The lowest BCUT2D eigenvalue weighted by Gasteiger charge is -2.20. The van der Waals surface area contributed by atoms with Crippen molar-refractivity contribution < 1.29 is 13.2 Å². The van der Waals surface area contributed by atoms with Gasteiger partial charge in [-0.3, -0.25) is 9.10 Å². The Morgan fingerprint density at radius 3 is 2.25 bits per heavy atom. The minimum Gasteiger partial charge on any atom is -0.371 e. The van der Waals surface area contributed by atoms with Crippen LogP contribution in [0.15, 0.2) is 77.7 Å². The number of benzene rings is 3. The fourth-order valence-corrected chi connectivity index (χ4v) is 4.98. The summed E-state index contributed by atoms with van der Waals surface area (Å²) in [5.74, 6) is -0.237. The fraction of sp³-hybridized carbons (Fsp3) is 0.240. The number of sulfonamides is 1. The molecule has 7 heteroatoms. The fourth-order valence-electron chi connectivity index (χ4n) is 3.79. The molecule has 1 fully saturated rings. The molecule has 0 bridgehead atoms. The molecule has 0 atom stereocenters. The van der Waals surface area contributed by atoms with Crippen molar-refractivity contribution in [2.24, 2.45) is 0 Å². The highest BCUT2D eigenvalue weighted by Gasteiger charge is 2.21. The van der Waals surface area contributed by atoms with Gasteiger partial charge in [0, 0.05) is 37.1 Å². The zero-order valence-electron chi connectivity index (χ0n) is 18.3. The number of anilines is 3. The normalized spacial score (nSPS) is 13.8. The van der Waals surface area contributed by atoms with E-state index in [4.69, 9.17) is 0 Å². The number of aryl methyl sites for hydroxylation is 1. The lowest BCUT2D eigenvalue weighted by molar-refractivity contribution is 0.102. The van der Waals surface area contributed by atoms with Gasteiger partial charge >= 0.3 is 0 Å². The Morgan fingerprint density at radius 1 is 0.938 bits per heavy atom. The molecule has 1 aliphatic rings. The van der Waals surface area contributed by atoms with Gasteiger partial charge in [0.2, 0.25) is 0 Å². The molecule has 1 amide bonds. The van der Waals surface area contributed by atoms with Crippen LogP contribution in [0.25, 0.3) is 0 Å². The highest BCUT2D eigenvalue weighted by atomic mass is 32.2. The van der Waals surface area contributed by atoms with Crippen LogP contribution < -0.4 is 14.5 Å². The summed E-state index contributed by atoms with van der Waals surface area (Å²) in [6.45, 7) is 3.99. The summed E-state index contributed by atoms with van der Waals surface area (Å²) < 4.78 is 27.0. The van der Waals surface area contributed by atoms with Crippen LogP contribution in [0.5, 0.6) is 0 Å². The van der Waals surface area contributed by atoms with Crippen LogP contribution in [0, 0.1) is 6.92 Å². The minimum atomic E-state index is -3.68. The Kier molecular flexibility index (Phi) is 6.19. The van der Waals surface area contributed by atoms with Gasteiger partial charge in [0.05, 0.1) is 10.6 Å². The second kappa shape index (κ2) is 9.04. The van der Waals surface area contributed by atoms with Gasteiger partial charge in [0.15, 0.2) is 0 Å². The standard InChI is InChI=1S/C25H27N3O3S/c1-19-8-14-24(15-9-19)32(30,31)27(2)22-12-10-20(11-13-22)25(29)26-21-6-5-7-23(18-21)28-16-3-4-17-28/h5-15,18H,3-4,16-17H2,1-2H3,(H,26,29). The lowest BCUT2D eigenvalue weighted by atomic mass is 10.2. The topological polar surface area (TPSA) is 69.7 Å². The number of carbonyl (C=O) groups is 1. The summed E-state index contributed by atoms with van der Waals surface area (Å²) in [5, 5.41) is 2.93. The first kappa shape index (κ1) is 21.9. The van der Waals surface area contributed by atoms with Gasteiger partial charge in [-0.2, -0.15) is 0 Å². The van der Waals surface area contributed by atoms with Crippen molar-refractivity contribution in [3.8, 4) is 0 Å². The molecule has 1 heterocycles. The molecule has 3 aromatic rings. The summed E-state index contributed by atoms with van der Waals surface area (Å²) in [6.07, 6.45) is 2.38. The third-order valence-corrected chi connectivity index (χ3v) is 7.55. The number of nitrogens with zero attached hydrogens (tertiary/aromatic N) is 2. The van der Waals surface area contributed by atoms with E-state index in [0.29, 0.717) is 11.3 Å². The summed E-state index contributed by atoms with van der Waals surface area (Å²) in [7, 11) is -2.17. The van der Waals surface area contributed by atoms with E-state index in [1.54, 1.807) is 48.5 Å². The van der Waals surface area contributed by atoms with Gasteiger partial charge in [0.25, 0.3) is 15.9 Å². The average molecular weight is 450 g/mol. The van der Waals surface area contributed by atoms with Crippen LogP contribution in [-0.2, 0) is 10.0 Å². The van der Waals surface area contributed by atoms with Gasteiger partial charge in [0.1, 0.15) is 0 Å². The second-order valence-corrected chi connectivity index (χ2v) is 10.0. The molecule has 166 valence electrons. The van der Waals surface area contributed by atoms with E-state index in [-0.39, 0.29) is 10.8 Å². The van der Waals surface area contributed by atoms with Gasteiger partial charge in [-0.25, -0.2) is 8.42 Å². The first-order valence-electron chi connectivity index (χ1n) is 10.7. The predicted molar refractivity (Wildman–Crippen MR) is 129 cm³/mol. The van der Waals surface area contributed by atoms with Crippen LogP contribution in [0.3, 0.4) is 0 Å². The molecule has 1 saturated heterocycles. The summed E-state index contributed by atoms with van der Waals surface area (Å²) in [6, 6.07) is 21.1. The molecular weight excluding hydrogens is 422 g/mol. The summed E-state index contributed by atoms with van der Waals surface area (Å²) >= 11 is 0. The van der Waals surface area contributed by atoms with E-state index in [1.165, 1.54) is 24.2 Å². The van der Waals surface area contributed by atoms with Crippen molar-refractivity contribution in [1.82, 2.24) is 0 Å². The van der Waals surface area contributed by atoms with Gasteiger partial charge in [-0.05, 0) is 74.4 Å². The van der Waals surface area contributed by atoms with Crippen molar-refractivity contribution in [2.45, 2.75) is 24.7 Å². The summed E-state index contributed by atoms with van der Waals surface area (Å²) in [5.41, 5.74) is 3.79. The molecule has 0 aromatic heterocycles. The molecular formula is C25H27N3O3S. The number of nitrogens with one attached hydrogen (secondary N) is 1. The lowest BCUT2D eigenvalue weighted by Crippen LogP contribution is -2.26. The SMILES string of the molecule is Cc1ccc(S(=O)(=O)N(C)c2ccc(C(=O)Nc3cccc(N4CCCC4)c3)cc2)cc1. The minimum absolute atomic E-state index is 0.227. The van der Waals surface area contributed by atoms with Crippen LogP contribution >= 0.6 is 0 Å². The molecule has 0 spiro atoms. The maximum Gasteiger partial charge on any atom is 0.264 e. The van der Waals surface area contributed by atoms with E-state index >= 15 is 0 Å². The van der Waals surface area contributed by atoms with Crippen molar-refractivity contribution in [3.05, 3.63) is 83.9 Å². The molecule has 4 rings (SSSR count). The molecule has 0 aliphatic carbocycles. The van der Waals surface area contributed by atoms with Crippen LogP contribution in [0.4, 0.5) is 17.1 Å². The second-order valence-electron chi connectivity index (χ2n) is 8.03. The maximum absolute atomic E-state index is 12.9. The maximum atomic E-state index is 12.9. The highest BCUT2D eigenvalue weighted by molar-refractivity contribution is 7.92. The smallest absolute Gasteiger partial charge is 0.264 e. The number of rotatable bonds is 6. The summed E-state index contributed by atoms with van der Waals surface area (Å²) in [4.78, 5) is 15.3. The Balaban J connectivity index is 1.47. The molecule has 0 unspecified atom stereocenters. The van der Waals surface area contributed by atoms with Crippen molar-refractivity contribution in [2.75, 3.05) is 34.7 Å². The highest BCUT2D eigenvalue weighted by Crippen LogP contribution is 2.25. The predicted octanol–water partition coefficient (Wildman–Crippen LogP) is 4.67. The van der Waals surface area contributed by atoms with E-state index < -0.39 is 10.0 Å². The average Bonchev–Trinajstić information content (AvgIpc) is 3.34. The third kappa shape index (κ3) is 4.62. The van der Waals surface area contributed by atoms with Crippen LogP contribution in [0.1, 0.15) is 28.8 Å². The first-order valence-corrected chi connectivity index (χ1v) is 12.1. The molecule has 1 aliphatic heterocycles. The van der Waals surface area contributed by atoms with E-state index in [9.17, 15) is 13.2 Å². The molecule has 0 saturated carbocycles.